The fourth-order valence-electron chi connectivity index (χ4n) is 5.38. The molecule has 0 rings (SSSR count). The third kappa shape index (κ3) is 31.2. The van der Waals surface area contributed by atoms with Gasteiger partial charge in [0, 0.05) is 5.57 Å². The van der Waals surface area contributed by atoms with E-state index in [1.54, 1.807) is 0 Å². The molecule has 0 spiro atoms. The maximum absolute atomic E-state index is 11.6. The highest BCUT2D eigenvalue weighted by Crippen LogP contribution is 2.15. The van der Waals surface area contributed by atoms with E-state index in [0.29, 0.717) is 12.0 Å². The first-order valence-electron chi connectivity index (χ1n) is 18.0. The molecule has 0 saturated carbocycles. The van der Waals surface area contributed by atoms with Crippen LogP contribution in [0, 0.1) is 0 Å². The van der Waals surface area contributed by atoms with Crippen LogP contribution in [0.5, 0.6) is 0 Å². The zero-order chi connectivity index (χ0) is 29.2. The van der Waals surface area contributed by atoms with E-state index in [1.165, 1.54) is 161 Å². The number of hydrogen-bond acceptors (Lipinski definition) is 1. The molecule has 1 N–H and O–H groups in total. The number of allylic oxidation sites excluding steroid dienone is 5. The van der Waals surface area contributed by atoms with Gasteiger partial charge < -0.3 is 5.11 Å². The maximum Gasteiger partial charge on any atom is 0.331 e. The van der Waals surface area contributed by atoms with Crippen molar-refractivity contribution in [1.82, 2.24) is 0 Å². The van der Waals surface area contributed by atoms with Crippen molar-refractivity contribution in [2.24, 2.45) is 0 Å². The molecule has 0 amide bonds. The van der Waals surface area contributed by atoms with E-state index in [9.17, 15) is 9.90 Å². The third-order valence-corrected chi connectivity index (χ3v) is 8.14. The molecule has 234 valence electrons. The lowest BCUT2D eigenvalue weighted by Crippen LogP contribution is -2.00. The van der Waals surface area contributed by atoms with Gasteiger partial charge in [-0.3, -0.25) is 0 Å². The van der Waals surface area contributed by atoms with Gasteiger partial charge in [0.1, 0.15) is 0 Å². The number of rotatable bonds is 32. The van der Waals surface area contributed by atoms with Crippen LogP contribution in [0.4, 0.5) is 0 Å². The Labute approximate surface area is 251 Å². The Morgan fingerprint density at radius 3 is 1.15 bits per heavy atom. The van der Waals surface area contributed by atoms with E-state index in [4.69, 9.17) is 0 Å². The second-order valence-corrected chi connectivity index (χ2v) is 12.1. The molecule has 0 atom stereocenters. The summed E-state index contributed by atoms with van der Waals surface area (Å²) in [4.78, 5) is 11.6. The SMILES string of the molecule is CCCCCCCC/C=C\CCCCCCCCC(=CC=CCCCCCCCCCCCCCCC)C(=O)O. The number of hydrogen-bond donors (Lipinski definition) is 1. The monoisotopic (exact) mass is 559 g/mol. The number of unbranched alkanes of at least 4 members (excludes halogenated alkanes) is 25. The number of carboxylic acid groups (broad SMARTS) is 1. The van der Waals surface area contributed by atoms with E-state index in [0.717, 1.165) is 19.3 Å². The van der Waals surface area contributed by atoms with Crippen molar-refractivity contribution in [1.29, 1.82) is 0 Å². The Bertz CT molecular complexity index is 601. The van der Waals surface area contributed by atoms with Crippen LogP contribution in [-0.4, -0.2) is 11.1 Å². The molecule has 0 aromatic carbocycles. The molecule has 0 aliphatic rings. The van der Waals surface area contributed by atoms with Gasteiger partial charge in [0.2, 0.25) is 0 Å². The van der Waals surface area contributed by atoms with Gasteiger partial charge in [0.15, 0.2) is 0 Å². The molecule has 0 radical (unpaired) electrons. The molecule has 2 nitrogen and oxygen atoms in total. The Balaban J connectivity index is 3.58. The molecule has 2 heteroatoms. The Morgan fingerprint density at radius 1 is 0.450 bits per heavy atom. The fraction of sp³-hybridized carbons (Fsp3) is 0.816. The normalized spacial score (nSPS) is 12.3. The highest BCUT2D eigenvalue weighted by Gasteiger charge is 2.05. The highest BCUT2D eigenvalue weighted by molar-refractivity contribution is 5.86. The van der Waals surface area contributed by atoms with Gasteiger partial charge in [-0.15, -0.1) is 0 Å². The van der Waals surface area contributed by atoms with Gasteiger partial charge in [-0.05, 0) is 51.4 Å². The van der Waals surface area contributed by atoms with Gasteiger partial charge in [-0.1, -0.05) is 179 Å². The summed E-state index contributed by atoms with van der Waals surface area (Å²) in [5.41, 5.74) is 0.567. The molecular weight excluding hydrogens is 488 g/mol. The average molecular weight is 559 g/mol. The van der Waals surface area contributed by atoms with Crippen molar-refractivity contribution < 1.29 is 9.90 Å². The maximum atomic E-state index is 11.6. The molecule has 0 aliphatic carbocycles. The largest absolute Gasteiger partial charge is 0.478 e. The molecule has 0 bridgehead atoms. The van der Waals surface area contributed by atoms with Crippen LogP contribution >= 0.6 is 0 Å². The van der Waals surface area contributed by atoms with Crippen LogP contribution in [0.25, 0.3) is 0 Å². The summed E-state index contributed by atoms with van der Waals surface area (Å²) in [5, 5.41) is 9.52. The van der Waals surface area contributed by atoms with Gasteiger partial charge in [0.05, 0.1) is 0 Å². The molecule has 0 heterocycles. The third-order valence-electron chi connectivity index (χ3n) is 8.14. The first kappa shape index (κ1) is 38.7. The second-order valence-electron chi connectivity index (χ2n) is 12.1. The summed E-state index contributed by atoms with van der Waals surface area (Å²) in [7, 11) is 0. The predicted octanol–water partition coefficient (Wildman–Crippen LogP) is 13.5. The van der Waals surface area contributed by atoms with Crippen molar-refractivity contribution >= 4 is 5.97 Å². The van der Waals surface area contributed by atoms with Crippen molar-refractivity contribution in [2.75, 3.05) is 0 Å². The zero-order valence-corrected chi connectivity index (χ0v) is 27.2. The van der Waals surface area contributed by atoms with Gasteiger partial charge in [0.25, 0.3) is 0 Å². The average Bonchev–Trinajstić information content (AvgIpc) is 2.95. The minimum atomic E-state index is -0.752. The van der Waals surface area contributed by atoms with Crippen molar-refractivity contribution in [3.63, 3.8) is 0 Å². The van der Waals surface area contributed by atoms with Crippen molar-refractivity contribution in [3.05, 3.63) is 36.0 Å². The van der Waals surface area contributed by atoms with Crippen LogP contribution in [0.3, 0.4) is 0 Å². The molecule has 40 heavy (non-hydrogen) atoms. The molecule has 0 aromatic heterocycles. The van der Waals surface area contributed by atoms with E-state index in [-0.39, 0.29) is 0 Å². The fourth-order valence-corrected chi connectivity index (χ4v) is 5.38. The zero-order valence-electron chi connectivity index (χ0n) is 27.2. The minimum Gasteiger partial charge on any atom is -0.478 e. The van der Waals surface area contributed by atoms with E-state index >= 15 is 0 Å². The number of carbonyl (C=O) groups is 1. The molecular formula is C38H70O2. The first-order valence-corrected chi connectivity index (χ1v) is 18.0. The van der Waals surface area contributed by atoms with E-state index < -0.39 is 5.97 Å². The van der Waals surface area contributed by atoms with E-state index in [1.807, 2.05) is 12.2 Å². The molecule has 0 aliphatic heterocycles. The lowest BCUT2D eigenvalue weighted by atomic mass is 10.0. The molecule has 0 saturated heterocycles. The van der Waals surface area contributed by atoms with Crippen molar-refractivity contribution in [2.45, 2.75) is 200 Å². The van der Waals surface area contributed by atoms with Gasteiger partial charge >= 0.3 is 5.97 Å². The van der Waals surface area contributed by atoms with Crippen LogP contribution in [0.15, 0.2) is 36.0 Å². The summed E-state index contributed by atoms with van der Waals surface area (Å²) < 4.78 is 0. The topological polar surface area (TPSA) is 37.3 Å². The summed E-state index contributed by atoms with van der Waals surface area (Å²) in [6.45, 7) is 4.56. The Morgan fingerprint density at radius 2 is 0.775 bits per heavy atom. The van der Waals surface area contributed by atoms with Gasteiger partial charge in [-0.2, -0.15) is 0 Å². The van der Waals surface area contributed by atoms with Gasteiger partial charge in [-0.25, -0.2) is 4.79 Å². The summed E-state index contributed by atoms with van der Waals surface area (Å²) in [5.74, 6) is -0.752. The quantitative estimate of drug-likeness (QED) is 0.0386. The smallest absolute Gasteiger partial charge is 0.331 e. The molecule has 0 unspecified atom stereocenters. The predicted molar refractivity (Wildman–Crippen MR) is 179 cm³/mol. The molecule has 0 aromatic rings. The highest BCUT2D eigenvalue weighted by atomic mass is 16.4. The van der Waals surface area contributed by atoms with Crippen LogP contribution in [0.2, 0.25) is 0 Å². The summed E-state index contributed by atoms with van der Waals surface area (Å²) >= 11 is 0. The van der Waals surface area contributed by atoms with E-state index in [2.05, 4.69) is 32.1 Å². The van der Waals surface area contributed by atoms with Crippen LogP contribution in [-0.2, 0) is 4.79 Å². The Kier molecular flexibility index (Phi) is 32.8. The first-order chi connectivity index (χ1) is 19.7. The number of aliphatic carboxylic acids is 1. The lowest BCUT2D eigenvalue weighted by Gasteiger charge is -2.03. The van der Waals surface area contributed by atoms with Crippen LogP contribution < -0.4 is 0 Å². The Hall–Kier alpha value is -1.31. The number of carboxylic acids is 1. The molecule has 0 fully saturated rings. The summed E-state index contributed by atoms with van der Waals surface area (Å²) in [6.07, 6.45) is 48.4. The summed E-state index contributed by atoms with van der Waals surface area (Å²) in [6, 6.07) is 0. The lowest BCUT2D eigenvalue weighted by molar-refractivity contribution is -0.132. The minimum absolute atomic E-state index is 0.567. The van der Waals surface area contributed by atoms with Crippen molar-refractivity contribution in [3.8, 4) is 0 Å². The second kappa shape index (κ2) is 33.9. The standard InChI is InChI=1S/C38H70O2/c1-3-5-7-9-11-13-15-17-19-21-23-25-27-29-31-33-35-37(38(39)40)36-34-32-30-28-26-24-22-20-18-16-14-12-10-8-6-4-2/h17,19,32,34,36H,3-16,18,20-31,33,35H2,1-2H3,(H,39,40)/b19-17-,34-32?,37-36?. The van der Waals surface area contributed by atoms with Crippen LogP contribution in [0.1, 0.15) is 200 Å².